The third-order valence-corrected chi connectivity index (χ3v) is 2.13. The van der Waals surface area contributed by atoms with Gasteiger partial charge in [-0.15, -0.1) is 4.91 Å². The molecule has 7 heteroatoms. The first kappa shape index (κ1) is 9.87. The monoisotopic (exact) mass is 188 g/mol. The molecule has 0 unspecified atom stereocenters. The van der Waals surface area contributed by atoms with Gasteiger partial charge in [0, 0.05) is 13.1 Å². The van der Waals surface area contributed by atoms with Crippen LogP contribution in [0.5, 0.6) is 0 Å². The van der Waals surface area contributed by atoms with E-state index in [0.29, 0.717) is 12.8 Å². The third kappa shape index (κ3) is 2.36. The van der Waals surface area contributed by atoms with Crippen LogP contribution in [0.4, 0.5) is 0 Å². The highest BCUT2D eigenvalue weighted by molar-refractivity contribution is 5.70. The fourth-order valence-corrected chi connectivity index (χ4v) is 1.34. The zero-order valence-corrected chi connectivity index (χ0v) is 6.92. The van der Waals surface area contributed by atoms with E-state index in [2.05, 4.69) is 5.29 Å². The van der Waals surface area contributed by atoms with Crippen molar-refractivity contribution in [1.82, 2.24) is 10.3 Å². The summed E-state index contributed by atoms with van der Waals surface area (Å²) in [6.07, 6.45) is 0.757. The van der Waals surface area contributed by atoms with Gasteiger partial charge in [-0.2, -0.15) is 0 Å². The normalized spacial score (nSPS) is 19.8. The smallest absolute Gasteiger partial charge is 0.306 e. The molecule has 74 valence electrons. The van der Waals surface area contributed by atoms with Gasteiger partial charge >= 0.3 is 5.97 Å². The molecule has 1 fully saturated rings. The van der Waals surface area contributed by atoms with Crippen molar-refractivity contribution in [3.63, 3.8) is 0 Å². The highest BCUT2D eigenvalue weighted by Crippen LogP contribution is 2.18. The number of aliphatic carboxylic acids is 1. The molecular weight excluding hydrogens is 178 g/mol. The van der Waals surface area contributed by atoms with Crippen LogP contribution in [0.15, 0.2) is 5.29 Å². The number of piperidine rings is 1. The maximum Gasteiger partial charge on any atom is 0.306 e. The lowest BCUT2D eigenvalue weighted by molar-refractivity contribution is -0.144. The van der Waals surface area contributed by atoms with Crippen molar-refractivity contribution in [3.8, 4) is 0 Å². The molecule has 0 spiro atoms. The van der Waals surface area contributed by atoms with E-state index in [4.69, 9.17) is 5.11 Å². The summed E-state index contributed by atoms with van der Waals surface area (Å²) < 4.78 is 0. The second kappa shape index (κ2) is 4.15. The highest BCUT2D eigenvalue weighted by Gasteiger charge is 2.25. The van der Waals surface area contributed by atoms with Gasteiger partial charge in [-0.25, -0.2) is 5.01 Å². The van der Waals surface area contributed by atoms with Crippen molar-refractivity contribution in [2.75, 3.05) is 13.1 Å². The van der Waals surface area contributed by atoms with Crippen LogP contribution >= 0.6 is 0 Å². The second-order valence-corrected chi connectivity index (χ2v) is 2.90. The van der Waals surface area contributed by atoms with Crippen LogP contribution < -0.4 is 0 Å². The Morgan fingerprint density at radius 3 is 2.46 bits per heavy atom. The van der Waals surface area contributed by atoms with Gasteiger partial charge in [-0.1, -0.05) is 0 Å². The van der Waals surface area contributed by atoms with E-state index in [1.165, 1.54) is 5.01 Å². The first-order valence-corrected chi connectivity index (χ1v) is 3.93. The Kier molecular flexibility index (Phi) is 3.15. The molecule has 1 N–H and O–H groups in total. The van der Waals surface area contributed by atoms with Gasteiger partial charge < -0.3 is 10.3 Å². The molecule has 1 aliphatic heterocycles. The minimum Gasteiger partial charge on any atom is -0.724 e. The fraction of sp³-hybridized carbons (Fsp3) is 0.833. The molecule has 0 radical (unpaired) electrons. The van der Waals surface area contributed by atoms with Crippen molar-refractivity contribution >= 4 is 5.97 Å². The molecule has 1 heterocycles. The lowest BCUT2D eigenvalue weighted by Gasteiger charge is -2.38. The van der Waals surface area contributed by atoms with E-state index in [1.807, 2.05) is 0 Å². The Balaban J connectivity index is 2.38. The van der Waals surface area contributed by atoms with Crippen molar-refractivity contribution in [3.05, 3.63) is 10.1 Å². The Labute approximate surface area is 74.4 Å². The summed E-state index contributed by atoms with van der Waals surface area (Å²) in [5.74, 6) is -1.26. The summed E-state index contributed by atoms with van der Waals surface area (Å²) in [6, 6.07) is 0. The number of hydrazine groups is 1. The predicted octanol–water partition coefficient (Wildman–Crippen LogP) is 0.179. The largest absolute Gasteiger partial charge is 0.724 e. The topological polar surface area (TPSA) is 96.3 Å². The maximum atomic E-state index is 10.7. The van der Waals surface area contributed by atoms with Gasteiger partial charge in [0.15, 0.2) is 0 Å². The number of hydrogen-bond donors (Lipinski definition) is 1. The van der Waals surface area contributed by atoms with Crippen LogP contribution in [0.3, 0.4) is 0 Å². The number of nitrogens with zero attached hydrogens (tertiary/aromatic N) is 3. The first-order chi connectivity index (χ1) is 6.15. The summed E-state index contributed by atoms with van der Waals surface area (Å²) in [5, 5.41) is 22.6. The minimum atomic E-state index is -0.851. The number of carboxylic acids is 1. The van der Waals surface area contributed by atoms with Gasteiger partial charge in [0.05, 0.1) is 11.2 Å². The standard InChI is InChI=1S/C6H10N3O4/c10-6(11)5-1-3-8(4-2-5)9(13)7-12/h5H,1-4H2,(H,10,11)/q-1. The molecule has 1 saturated heterocycles. The molecule has 7 nitrogen and oxygen atoms in total. The molecule has 0 amide bonds. The van der Waals surface area contributed by atoms with Crippen LogP contribution in [-0.4, -0.2) is 34.5 Å². The molecule has 0 atom stereocenters. The van der Waals surface area contributed by atoms with E-state index in [0.717, 1.165) is 0 Å². The molecule has 0 saturated carbocycles. The Morgan fingerprint density at radius 2 is 2.08 bits per heavy atom. The van der Waals surface area contributed by atoms with Crippen molar-refractivity contribution in [1.29, 1.82) is 0 Å². The number of rotatable bonds is 3. The average molecular weight is 188 g/mol. The van der Waals surface area contributed by atoms with Gasteiger partial charge in [0.25, 0.3) is 0 Å². The summed E-state index contributed by atoms with van der Waals surface area (Å²) in [5.41, 5.74) is 0. The number of carbonyl (C=O) groups is 1. The van der Waals surface area contributed by atoms with E-state index in [-0.39, 0.29) is 18.4 Å². The third-order valence-electron chi connectivity index (χ3n) is 2.13. The van der Waals surface area contributed by atoms with Crippen molar-refractivity contribution in [2.24, 2.45) is 11.2 Å². The summed E-state index contributed by atoms with van der Waals surface area (Å²) in [6.45, 7) is 0.540. The molecular formula is C6H10N3O4-. The second-order valence-electron chi connectivity index (χ2n) is 2.90. The minimum absolute atomic E-state index is 0.0297. The highest BCUT2D eigenvalue weighted by atomic mass is 16.6. The van der Waals surface area contributed by atoms with Gasteiger partial charge in [0.2, 0.25) is 0 Å². The molecule has 0 aliphatic carbocycles. The fourth-order valence-electron chi connectivity index (χ4n) is 1.34. The van der Waals surface area contributed by atoms with Gasteiger partial charge in [-0.3, -0.25) is 10.1 Å². The SMILES string of the molecule is O=NN([O-])N1CCC(C(=O)O)CC1. The zero-order valence-electron chi connectivity index (χ0n) is 6.92. The van der Waals surface area contributed by atoms with Crippen LogP contribution in [0.1, 0.15) is 12.8 Å². The van der Waals surface area contributed by atoms with Crippen LogP contribution in [0.25, 0.3) is 0 Å². The van der Waals surface area contributed by atoms with Gasteiger partial charge in [-0.05, 0) is 12.8 Å². The number of hydrogen-bond acceptors (Lipinski definition) is 5. The summed E-state index contributed by atoms with van der Waals surface area (Å²) in [7, 11) is 0. The van der Waals surface area contributed by atoms with Crippen LogP contribution in [-0.2, 0) is 4.79 Å². The lowest BCUT2D eigenvalue weighted by Crippen LogP contribution is -2.42. The lowest BCUT2D eigenvalue weighted by atomic mass is 9.98. The molecule has 0 aromatic rings. The summed E-state index contributed by atoms with van der Waals surface area (Å²) >= 11 is 0. The molecule has 13 heavy (non-hydrogen) atoms. The molecule has 0 bridgehead atoms. The molecule has 0 aromatic carbocycles. The molecule has 1 aliphatic rings. The first-order valence-electron chi connectivity index (χ1n) is 3.93. The van der Waals surface area contributed by atoms with E-state index in [9.17, 15) is 14.9 Å². The van der Waals surface area contributed by atoms with Gasteiger partial charge in [0.1, 0.15) is 0 Å². The Hall–Kier alpha value is -1.21. The molecule has 1 rings (SSSR count). The Morgan fingerprint density at radius 1 is 1.54 bits per heavy atom. The predicted molar refractivity (Wildman–Crippen MR) is 42.9 cm³/mol. The van der Waals surface area contributed by atoms with E-state index >= 15 is 0 Å². The van der Waals surface area contributed by atoms with E-state index in [1.54, 1.807) is 0 Å². The Bertz CT molecular complexity index is 202. The molecule has 0 aromatic heterocycles. The maximum absolute atomic E-state index is 10.7. The van der Waals surface area contributed by atoms with Crippen LogP contribution in [0, 0.1) is 16.0 Å². The quantitative estimate of drug-likeness (QED) is 0.501. The van der Waals surface area contributed by atoms with Crippen molar-refractivity contribution < 1.29 is 9.90 Å². The zero-order chi connectivity index (χ0) is 9.84. The average Bonchev–Trinajstić information content (AvgIpc) is 2.17. The number of nitroso groups, excluding NO2 is 1. The number of carboxylic acid groups (broad SMARTS) is 1. The van der Waals surface area contributed by atoms with E-state index < -0.39 is 11.9 Å². The van der Waals surface area contributed by atoms with Crippen LogP contribution in [0.2, 0.25) is 0 Å². The van der Waals surface area contributed by atoms with Crippen molar-refractivity contribution in [2.45, 2.75) is 12.8 Å². The summed E-state index contributed by atoms with van der Waals surface area (Å²) in [4.78, 5) is 20.3.